The van der Waals surface area contributed by atoms with Crippen LogP contribution in [0.3, 0.4) is 0 Å². The van der Waals surface area contributed by atoms with Crippen LogP contribution in [0.15, 0.2) is 0 Å². The number of rotatable bonds is 2. The smallest absolute Gasteiger partial charge is 0.192 e. The van der Waals surface area contributed by atoms with Gasteiger partial charge in [0.1, 0.15) is 12.2 Å². The van der Waals surface area contributed by atoms with Gasteiger partial charge in [-0.2, -0.15) is 0 Å². The summed E-state index contributed by atoms with van der Waals surface area (Å²) >= 11 is 0. The largest absolute Gasteiger partial charge is 0.370 e. The normalized spacial score (nSPS) is 46.8. The van der Waals surface area contributed by atoms with E-state index in [1.165, 1.54) is 12.8 Å². The molecular weight excluding hydrogens is 338 g/mol. The molecule has 5 aliphatic rings. The Morgan fingerprint density at radius 2 is 1.46 bits per heavy atom. The topological polar surface area (TPSA) is 78.4 Å². The summed E-state index contributed by atoms with van der Waals surface area (Å²) in [7, 11) is 1.74. The molecule has 2 saturated carbocycles. The van der Waals surface area contributed by atoms with Gasteiger partial charge in [0.05, 0.1) is 6.61 Å². The Labute approximate surface area is 154 Å². The van der Waals surface area contributed by atoms with Crippen LogP contribution in [0.5, 0.6) is 0 Å². The van der Waals surface area contributed by atoms with Crippen molar-refractivity contribution < 1.29 is 28.8 Å². The van der Waals surface area contributed by atoms with Crippen molar-refractivity contribution in [1.29, 1.82) is 0 Å². The van der Waals surface area contributed by atoms with Crippen LogP contribution >= 0.6 is 0 Å². The number of fused-ring (bicyclic) bond motifs is 1. The lowest BCUT2D eigenvalue weighted by Gasteiger charge is -2.39. The summed E-state index contributed by atoms with van der Waals surface area (Å²) in [6.45, 7) is 0.430. The van der Waals surface area contributed by atoms with E-state index < -0.39 is 35.8 Å². The predicted octanol–water partition coefficient (Wildman–Crippen LogP) is 1.77. The second-order valence-corrected chi connectivity index (χ2v) is 8.57. The van der Waals surface area contributed by atoms with E-state index in [-0.39, 0.29) is 6.10 Å². The molecule has 7 nitrogen and oxygen atoms in total. The molecule has 5 atom stereocenters. The van der Waals surface area contributed by atoms with Crippen LogP contribution in [0.4, 0.5) is 0 Å². The van der Waals surface area contributed by atoms with Crippen molar-refractivity contribution in [2.75, 3.05) is 13.7 Å². The van der Waals surface area contributed by atoms with E-state index in [4.69, 9.17) is 23.7 Å². The average molecular weight is 369 g/mol. The lowest BCUT2D eigenvalue weighted by molar-refractivity contribution is -0.275. The van der Waals surface area contributed by atoms with Crippen LogP contribution < -0.4 is 5.32 Å². The van der Waals surface area contributed by atoms with E-state index in [0.29, 0.717) is 6.61 Å². The molecular formula is C19H31NO6. The van der Waals surface area contributed by atoms with Gasteiger partial charge in [0.25, 0.3) is 0 Å². The number of hydrogen-bond acceptors (Lipinski definition) is 7. The summed E-state index contributed by atoms with van der Waals surface area (Å²) in [6.07, 6.45) is 8.37. The lowest BCUT2D eigenvalue weighted by atomic mass is 9.93. The number of nitrogens with one attached hydrogen (secondary N) is 1. The van der Waals surface area contributed by atoms with Crippen LogP contribution in [-0.2, 0) is 23.7 Å². The zero-order chi connectivity index (χ0) is 17.8. The average Bonchev–Trinajstić information content (AvgIpc) is 3.29. The third-order valence-electron chi connectivity index (χ3n) is 6.91. The highest BCUT2D eigenvalue weighted by Crippen LogP contribution is 2.50. The molecule has 5 fully saturated rings. The van der Waals surface area contributed by atoms with Crippen molar-refractivity contribution in [1.82, 2.24) is 5.32 Å². The Kier molecular flexibility index (Phi) is 4.36. The first-order valence-corrected chi connectivity index (χ1v) is 10.3. The molecule has 2 spiro atoms. The molecule has 26 heavy (non-hydrogen) atoms. The molecule has 3 aliphatic heterocycles. The molecule has 5 rings (SSSR count). The molecule has 0 aromatic rings. The molecule has 3 heterocycles. The summed E-state index contributed by atoms with van der Waals surface area (Å²) in [5, 5.41) is 14.5. The fraction of sp³-hybridized carbons (Fsp3) is 1.00. The van der Waals surface area contributed by atoms with Gasteiger partial charge in [-0.3, -0.25) is 5.32 Å². The zero-order valence-electron chi connectivity index (χ0n) is 15.6. The highest BCUT2D eigenvalue weighted by Gasteiger charge is 2.67. The molecule has 0 aromatic heterocycles. The Morgan fingerprint density at radius 3 is 2.12 bits per heavy atom. The highest BCUT2D eigenvalue weighted by molar-refractivity contribution is 5.07. The second kappa shape index (κ2) is 6.37. The lowest BCUT2D eigenvalue weighted by Crippen LogP contribution is -2.62. The highest BCUT2D eigenvalue weighted by atomic mass is 16.8. The first-order chi connectivity index (χ1) is 12.6. The third kappa shape index (κ3) is 2.67. The van der Waals surface area contributed by atoms with E-state index in [1.807, 2.05) is 0 Å². The van der Waals surface area contributed by atoms with E-state index in [9.17, 15) is 5.11 Å². The van der Waals surface area contributed by atoms with Crippen molar-refractivity contribution in [3.63, 3.8) is 0 Å². The van der Waals surface area contributed by atoms with Gasteiger partial charge in [-0.15, -0.1) is 0 Å². The minimum Gasteiger partial charge on any atom is -0.370 e. The van der Waals surface area contributed by atoms with E-state index >= 15 is 0 Å². The fourth-order valence-corrected chi connectivity index (χ4v) is 5.46. The number of aliphatic hydroxyl groups is 1. The van der Waals surface area contributed by atoms with Crippen LogP contribution in [0, 0.1) is 0 Å². The monoisotopic (exact) mass is 369 g/mol. The van der Waals surface area contributed by atoms with E-state index in [0.717, 1.165) is 51.4 Å². The molecule has 0 aromatic carbocycles. The van der Waals surface area contributed by atoms with Crippen LogP contribution in [0.25, 0.3) is 0 Å². The maximum atomic E-state index is 11.4. The van der Waals surface area contributed by atoms with Gasteiger partial charge in [-0.25, -0.2) is 0 Å². The maximum absolute atomic E-state index is 11.4. The summed E-state index contributed by atoms with van der Waals surface area (Å²) in [5.41, 5.74) is -1.35. The standard InChI is InChI=1S/C19H31NO6/c1-20-19(21)14(13-12-22-17(24-13)8-4-2-5-9-17)23-16-15(19)25-18(26-16)10-6-3-7-11-18/h13-16,20-21H,2-12H2,1H3/t13-,14-,15+,16-,19+/m1/s1. The molecule has 7 heteroatoms. The summed E-state index contributed by atoms with van der Waals surface area (Å²) < 4.78 is 31.0. The van der Waals surface area contributed by atoms with E-state index in [2.05, 4.69) is 5.32 Å². The van der Waals surface area contributed by atoms with E-state index in [1.54, 1.807) is 7.05 Å². The SMILES string of the molecule is CN[C@]1(O)[C@@H]([C@H]2COC3(CCCCC3)O2)O[C@@H]2OC3(CCCCC3)O[C@@H]21. The number of likely N-dealkylation sites (N-methyl/N-ethyl adjacent to an activating group) is 1. The molecule has 0 bridgehead atoms. The van der Waals surface area contributed by atoms with Crippen molar-refractivity contribution in [2.24, 2.45) is 0 Å². The minimum absolute atomic E-state index is 0.328. The molecule has 0 radical (unpaired) electrons. The van der Waals surface area contributed by atoms with Gasteiger partial charge < -0.3 is 28.8 Å². The second-order valence-electron chi connectivity index (χ2n) is 8.57. The number of hydrogen-bond donors (Lipinski definition) is 2. The fourth-order valence-electron chi connectivity index (χ4n) is 5.46. The Balaban J connectivity index is 1.32. The maximum Gasteiger partial charge on any atom is 0.192 e. The van der Waals surface area contributed by atoms with Crippen molar-refractivity contribution in [2.45, 2.75) is 106 Å². The summed E-state index contributed by atoms with van der Waals surface area (Å²) in [6, 6.07) is 0. The molecule has 0 amide bonds. The first-order valence-electron chi connectivity index (χ1n) is 10.3. The summed E-state index contributed by atoms with van der Waals surface area (Å²) in [4.78, 5) is 0. The Hall–Kier alpha value is -0.280. The van der Waals surface area contributed by atoms with Gasteiger partial charge in [-0.1, -0.05) is 12.8 Å². The zero-order valence-corrected chi connectivity index (χ0v) is 15.6. The minimum atomic E-state index is -1.35. The van der Waals surface area contributed by atoms with Crippen LogP contribution in [0.2, 0.25) is 0 Å². The van der Waals surface area contributed by atoms with Crippen molar-refractivity contribution in [3.05, 3.63) is 0 Å². The van der Waals surface area contributed by atoms with Gasteiger partial charge in [-0.05, 0) is 32.7 Å². The number of ether oxygens (including phenoxy) is 5. The van der Waals surface area contributed by atoms with Crippen molar-refractivity contribution in [3.8, 4) is 0 Å². The van der Waals surface area contributed by atoms with Gasteiger partial charge in [0.15, 0.2) is 29.7 Å². The quantitative estimate of drug-likeness (QED) is 0.718. The molecule has 0 unspecified atom stereocenters. The van der Waals surface area contributed by atoms with Gasteiger partial charge in [0.2, 0.25) is 0 Å². The molecule has 2 aliphatic carbocycles. The van der Waals surface area contributed by atoms with Crippen LogP contribution in [0.1, 0.15) is 64.2 Å². The van der Waals surface area contributed by atoms with Gasteiger partial charge >= 0.3 is 0 Å². The van der Waals surface area contributed by atoms with Gasteiger partial charge in [0, 0.05) is 25.7 Å². The summed E-state index contributed by atoms with van der Waals surface area (Å²) in [5.74, 6) is -1.09. The predicted molar refractivity (Wildman–Crippen MR) is 91.1 cm³/mol. The molecule has 3 saturated heterocycles. The van der Waals surface area contributed by atoms with Crippen LogP contribution in [-0.4, -0.2) is 60.7 Å². The first kappa shape index (κ1) is 17.8. The third-order valence-corrected chi connectivity index (χ3v) is 6.91. The molecule has 2 N–H and O–H groups in total. The molecule has 148 valence electrons. The van der Waals surface area contributed by atoms with Crippen molar-refractivity contribution >= 4 is 0 Å². The Bertz CT molecular complexity index is 532. The Morgan fingerprint density at radius 1 is 0.808 bits per heavy atom.